The van der Waals surface area contributed by atoms with Crippen LogP contribution >= 0.6 is 0 Å². The summed E-state index contributed by atoms with van der Waals surface area (Å²) in [6.07, 6.45) is 1.36. The summed E-state index contributed by atoms with van der Waals surface area (Å²) in [6, 6.07) is 21.7. The Morgan fingerprint density at radius 1 is 0.700 bits per heavy atom. The van der Waals surface area contributed by atoms with E-state index in [1.54, 1.807) is 42.5 Å². The van der Waals surface area contributed by atoms with E-state index in [4.69, 9.17) is 9.15 Å². The Kier molecular flexibility index (Phi) is 9.71. The molecule has 1 aromatic heterocycles. The van der Waals surface area contributed by atoms with Gasteiger partial charge in [-0.25, -0.2) is 0 Å². The van der Waals surface area contributed by atoms with Gasteiger partial charge in [0.1, 0.15) is 47.2 Å². The fourth-order valence-electron chi connectivity index (χ4n) is 4.18. The molecule has 1 aliphatic heterocycles. The molecule has 195 valence electrons. The topological polar surface area (TPSA) is 137 Å². The minimum Gasteiger partial charge on any atom is -1.00 e. The number of phenols is 4. The van der Waals surface area contributed by atoms with Gasteiger partial charge in [-0.15, -0.1) is 0 Å². The molecule has 0 amide bonds. The zero-order chi connectivity index (χ0) is 26.8. The van der Waals surface area contributed by atoms with Crippen molar-refractivity contribution in [1.82, 2.24) is 0 Å². The third-order valence-corrected chi connectivity index (χ3v) is 6.18. The van der Waals surface area contributed by atoms with E-state index in [9.17, 15) is 30.0 Å². The van der Waals surface area contributed by atoms with Gasteiger partial charge in [-0.3, -0.25) is 9.59 Å². The van der Waals surface area contributed by atoms with Crippen LogP contribution in [-0.2, 0) is 0 Å². The van der Waals surface area contributed by atoms with Gasteiger partial charge < -0.3 is 31.0 Å². The first-order valence-corrected chi connectivity index (χ1v) is 11.6. The van der Waals surface area contributed by atoms with Crippen molar-refractivity contribution in [1.29, 1.82) is 0 Å². The zero-order valence-corrected chi connectivity index (χ0v) is 23.4. The first-order chi connectivity index (χ1) is 18.3. The molecule has 0 saturated heterocycles. The van der Waals surface area contributed by atoms with Gasteiger partial charge in [-0.1, -0.05) is 24.3 Å². The zero-order valence-electron chi connectivity index (χ0n) is 22.4. The first kappa shape index (κ1) is 30.4. The Balaban J connectivity index is 0.000000267. The summed E-state index contributed by atoms with van der Waals surface area (Å²) in [6.45, 7) is 0.236. The van der Waals surface area contributed by atoms with Gasteiger partial charge >= 0.3 is 29.6 Å². The molecule has 0 bridgehead atoms. The van der Waals surface area contributed by atoms with Crippen LogP contribution in [0, 0.1) is 0 Å². The van der Waals surface area contributed by atoms with E-state index < -0.39 is 0 Å². The van der Waals surface area contributed by atoms with E-state index in [1.807, 2.05) is 0 Å². The molecule has 5 aromatic rings. The molecule has 3 radical (unpaired) electrons. The van der Waals surface area contributed by atoms with Gasteiger partial charge in [0.15, 0.2) is 11.2 Å². The predicted molar refractivity (Wildman–Crippen MR) is 147 cm³/mol. The Bertz CT molecular complexity index is 1710. The molecule has 0 spiro atoms. The van der Waals surface area contributed by atoms with E-state index in [1.165, 1.54) is 48.7 Å². The molecule has 10 heteroatoms. The van der Waals surface area contributed by atoms with E-state index >= 15 is 0 Å². The van der Waals surface area contributed by atoms with Crippen LogP contribution in [-0.4, -0.2) is 41.2 Å². The maximum absolute atomic E-state index is 12.4. The summed E-state index contributed by atoms with van der Waals surface area (Å²) in [4.78, 5) is 24.7. The average Bonchev–Trinajstić information content (AvgIpc) is 2.91. The number of ether oxygens (including phenoxy) is 1. The third kappa shape index (κ3) is 6.34. The largest absolute Gasteiger partial charge is 1.00 e. The van der Waals surface area contributed by atoms with Crippen molar-refractivity contribution in [3.8, 4) is 39.9 Å². The average molecular weight is 545 g/mol. The third-order valence-electron chi connectivity index (χ3n) is 6.18. The Morgan fingerprint density at radius 2 is 1.27 bits per heavy atom. The number of ketones is 1. The summed E-state index contributed by atoms with van der Waals surface area (Å²) >= 11 is 0. The summed E-state index contributed by atoms with van der Waals surface area (Å²) in [5.74, 6) is 0.435. The minimum absolute atomic E-state index is 0. The predicted octanol–water partition coefficient (Wildman–Crippen LogP) is 2.06. The molecule has 4 N–H and O–H groups in total. The Morgan fingerprint density at radius 3 is 1.95 bits per heavy atom. The van der Waals surface area contributed by atoms with Crippen molar-refractivity contribution in [2.24, 2.45) is 0 Å². The van der Waals surface area contributed by atoms with Crippen LogP contribution in [0.1, 0.15) is 23.3 Å². The van der Waals surface area contributed by atoms with Crippen LogP contribution in [0.4, 0.5) is 0 Å². The quantitative estimate of drug-likeness (QED) is 0.248. The molecule has 4 aromatic carbocycles. The van der Waals surface area contributed by atoms with Gasteiger partial charge in [-0.2, -0.15) is 0 Å². The monoisotopic (exact) mass is 545 g/mol. The van der Waals surface area contributed by atoms with Crippen molar-refractivity contribution in [2.75, 3.05) is 6.61 Å². The number of carbonyl (C=O) groups is 1. The van der Waals surface area contributed by atoms with Crippen LogP contribution in [0.2, 0.25) is 0 Å². The maximum atomic E-state index is 12.4. The second-order valence-electron chi connectivity index (χ2n) is 8.71. The number of hydrogen-bond acceptors (Lipinski definition) is 8. The van der Waals surface area contributed by atoms with Crippen LogP contribution in [0.5, 0.6) is 28.7 Å². The van der Waals surface area contributed by atoms with Crippen molar-refractivity contribution in [3.05, 3.63) is 113 Å². The first-order valence-electron chi connectivity index (χ1n) is 11.6. The van der Waals surface area contributed by atoms with Crippen LogP contribution in [0.25, 0.3) is 22.1 Å². The van der Waals surface area contributed by atoms with E-state index in [0.717, 1.165) is 5.56 Å². The fraction of sp³-hybridized carbons (Fsp3) is 0.0667. The van der Waals surface area contributed by atoms with Crippen molar-refractivity contribution < 1.29 is 65.4 Å². The second kappa shape index (κ2) is 12.8. The number of hydrogen-bond donors (Lipinski definition) is 4. The minimum atomic E-state index is -0.377. The summed E-state index contributed by atoms with van der Waals surface area (Å²) < 4.78 is 10.9. The molecule has 8 nitrogen and oxygen atoms in total. The molecule has 6 rings (SSSR count). The number of fused-ring (bicyclic) bond motifs is 2. The maximum Gasteiger partial charge on any atom is 1.00 e. The summed E-state index contributed by atoms with van der Waals surface area (Å²) in [7, 11) is 0. The number of rotatable bonds is 2. The summed E-state index contributed by atoms with van der Waals surface area (Å²) in [5.41, 5.74) is 2.53. The van der Waals surface area contributed by atoms with Crippen molar-refractivity contribution in [3.63, 3.8) is 0 Å². The normalized spacial score (nSPS) is 13.5. The van der Waals surface area contributed by atoms with Gasteiger partial charge in [0.25, 0.3) is 0 Å². The SMILES string of the molecule is O=C1c2ccc(O)cc2OCC1c1ccc(O)cc1.O=c1c(-c2ccc(O)cc2)coc2cc(O)ccc12.[B].[H-].[Na+]. The Hall–Kier alpha value is -4.18. The number of aromatic hydroxyl groups is 4. The molecule has 1 aliphatic rings. The molecule has 40 heavy (non-hydrogen) atoms. The van der Waals surface area contributed by atoms with Gasteiger partial charge in [-0.05, 0) is 59.7 Å². The second-order valence-corrected chi connectivity index (χ2v) is 8.71. The van der Waals surface area contributed by atoms with E-state index in [2.05, 4.69) is 0 Å². The van der Waals surface area contributed by atoms with Crippen LogP contribution in [0.3, 0.4) is 0 Å². The fourth-order valence-corrected chi connectivity index (χ4v) is 4.18. The molecular weight excluding hydrogens is 522 g/mol. The van der Waals surface area contributed by atoms with Crippen molar-refractivity contribution >= 4 is 25.2 Å². The van der Waals surface area contributed by atoms with Gasteiger partial charge in [0.05, 0.1) is 22.4 Å². The molecular formula is C30H23BNaO8. The standard InChI is InChI=1S/C15H12O4.C15H10O4.B.Na.H/c2*16-10-3-1-9(2-4-10)13-8-19-14-7-11(17)5-6-12(14)15(13)18;;;/h1-7,13,16-17H,8H2;1-8,16-17H;;;/q;;;+1;-1. The molecule has 1 atom stereocenters. The Labute approximate surface area is 254 Å². The molecule has 0 fully saturated rings. The van der Waals surface area contributed by atoms with E-state index in [0.29, 0.717) is 33.4 Å². The van der Waals surface area contributed by atoms with Crippen LogP contribution in [0.15, 0.2) is 100 Å². The van der Waals surface area contributed by atoms with Crippen molar-refractivity contribution in [2.45, 2.75) is 5.92 Å². The molecule has 0 saturated carbocycles. The van der Waals surface area contributed by atoms with Gasteiger partial charge in [0.2, 0.25) is 0 Å². The van der Waals surface area contributed by atoms with Gasteiger partial charge in [0, 0.05) is 20.5 Å². The number of phenolic OH excluding ortho intramolecular Hbond substituents is 4. The van der Waals surface area contributed by atoms with E-state index in [-0.39, 0.29) is 86.1 Å². The van der Waals surface area contributed by atoms with Crippen LogP contribution < -0.4 is 39.7 Å². The molecule has 2 heterocycles. The smallest absolute Gasteiger partial charge is 1.00 e. The number of carbonyl (C=O) groups excluding carboxylic acids is 1. The number of Topliss-reactive ketones (excluding diaryl/α,β-unsaturated/α-hetero) is 1. The molecule has 1 unspecified atom stereocenters. The summed E-state index contributed by atoms with van der Waals surface area (Å²) in [5, 5.41) is 37.6. The molecule has 0 aliphatic carbocycles. The number of benzene rings is 4.